The number of anilines is 2. The van der Waals surface area contributed by atoms with E-state index in [1.807, 2.05) is 12.1 Å². The summed E-state index contributed by atoms with van der Waals surface area (Å²) in [5.74, 6) is 5.95. The number of rotatable bonds is 6. The van der Waals surface area contributed by atoms with Crippen LogP contribution in [-0.4, -0.2) is 24.2 Å². The van der Waals surface area contributed by atoms with E-state index in [2.05, 4.69) is 15.7 Å². The third-order valence-electron chi connectivity index (χ3n) is 2.99. The lowest BCUT2D eigenvalue weighted by molar-refractivity contribution is 0.0659. The maximum absolute atomic E-state index is 5.76. The van der Waals surface area contributed by atoms with Crippen molar-refractivity contribution in [2.75, 3.05) is 23.9 Å². The van der Waals surface area contributed by atoms with Crippen LogP contribution in [-0.2, 0) is 4.74 Å². The van der Waals surface area contributed by atoms with Gasteiger partial charge in [0.2, 0.25) is 0 Å². The zero-order valence-corrected chi connectivity index (χ0v) is 9.98. The summed E-state index contributed by atoms with van der Waals surface area (Å²) in [4.78, 5) is 4.04. The van der Waals surface area contributed by atoms with Gasteiger partial charge in [0.1, 0.15) is 5.82 Å². The van der Waals surface area contributed by atoms with Crippen molar-refractivity contribution in [1.82, 2.24) is 4.98 Å². The summed E-state index contributed by atoms with van der Waals surface area (Å²) < 4.78 is 5.76. The van der Waals surface area contributed by atoms with Gasteiger partial charge in [-0.05, 0) is 18.9 Å². The third-order valence-corrected chi connectivity index (χ3v) is 2.99. The number of pyridine rings is 1. The van der Waals surface area contributed by atoms with Gasteiger partial charge >= 0.3 is 0 Å². The van der Waals surface area contributed by atoms with Crippen LogP contribution in [0.25, 0.3) is 0 Å². The van der Waals surface area contributed by atoms with E-state index < -0.39 is 0 Å². The minimum atomic E-state index is 0.482. The van der Waals surface area contributed by atoms with Gasteiger partial charge in [0, 0.05) is 24.5 Å². The standard InChI is InChI=1S/C12H20N4O/c13-16-12-9-10(5-6-15-12)14-7-8-17-11-3-1-2-4-11/h5-6,9,11H,1-4,7-8,13H2,(H2,14,15,16). The van der Waals surface area contributed by atoms with Gasteiger partial charge in [0.25, 0.3) is 0 Å². The minimum Gasteiger partial charge on any atom is -0.383 e. The molecular weight excluding hydrogens is 216 g/mol. The molecule has 5 heteroatoms. The first-order valence-corrected chi connectivity index (χ1v) is 6.16. The Labute approximate surface area is 102 Å². The van der Waals surface area contributed by atoms with Crippen LogP contribution >= 0.6 is 0 Å². The lowest BCUT2D eigenvalue weighted by Crippen LogP contribution is -2.15. The highest BCUT2D eigenvalue weighted by atomic mass is 16.5. The minimum absolute atomic E-state index is 0.482. The predicted octanol–water partition coefficient (Wildman–Crippen LogP) is 1.74. The second-order valence-electron chi connectivity index (χ2n) is 4.28. The Morgan fingerprint density at radius 2 is 2.24 bits per heavy atom. The van der Waals surface area contributed by atoms with Crippen LogP contribution in [0.3, 0.4) is 0 Å². The fourth-order valence-corrected chi connectivity index (χ4v) is 2.10. The molecule has 2 rings (SSSR count). The van der Waals surface area contributed by atoms with Crippen LogP contribution in [0.15, 0.2) is 18.3 Å². The number of nitrogens with zero attached hydrogens (tertiary/aromatic N) is 1. The Morgan fingerprint density at radius 3 is 3.00 bits per heavy atom. The maximum Gasteiger partial charge on any atom is 0.141 e. The van der Waals surface area contributed by atoms with Crippen molar-refractivity contribution in [3.05, 3.63) is 18.3 Å². The third kappa shape index (κ3) is 3.87. The number of ether oxygens (including phenoxy) is 1. The molecule has 0 aliphatic heterocycles. The van der Waals surface area contributed by atoms with E-state index in [4.69, 9.17) is 10.6 Å². The van der Waals surface area contributed by atoms with Crippen LogP contribution < -0.4 is 16.6 Å². The molecule has 0 bridgehead atoms. The second-order valence-corrected chi connectivity index (χ2v) is 4.28. The van der Waals surface area contributed by atoms with Crippen LogP contribution in [0.5, 0.6) is 0 Å². The van der Waals surface area contributed by atoms with E-state index in [-0.39, 0.29) is 0 Å². The molecule has 17 heavy (non-hydrogen) atoms. The fraction of sp³-hybridized carbons (Fsp3) is 0.583. The van der Waals surface area contributed by atoms with Crippen LogP contribution in [0.4, 0.5) is 11.5 Å². The molecule has 0 radical (unpaired) electrons. The zero-order valence-electron chi connectivity index (χ0n) is 9.98. The smallest absolute Gasteiger partial charge is 0.141 e. The highest BCUT2D eigenvalue weighted by Crippen LogP contribution is 2.20. The molecule has 1 aliphatic rings. The quantitative estimate of drug-likeness (QED) is 0.398. The zero-order chi connectivity index (χ0) is 11.9. The normalized spacial score (nSPS) is 16.1. The number of hydrogen-bond donors (Lipinski definition) is 3. The molecule has 0 aromatic carbocycles. The van der Waals surface area contributed by atoms with Crippen molar-refractivity contribution in [3.8, 4) is 0 Å². The molecular formula is C12H20N4O. The van der Waals surface area contributed by atoms with E-state index >= 15 is 0 Å². The van der Waals surface area contributed by atoms with E-state index in [0.29, 0.717) is 11.9 Å². The molecule has 94 valence electrons. The van der Waals surface area contributed by atoms with Crippen molar-refractivity contribution in [3.63, 3.8) is 0 Å². The second kappa shape index (κ2) is 6.42. The average Bonchev–Trinajstić information content (AvgIpc) is 2.88. The molecule has 1 saturated carbocycles. The fourth-order valence-electron chi connectivity index (χ4n) is 2.10. The van der Waals surface area contributed by atoms with Gasteiger partial charge < -0.3 is 15.5 Å². The average molecular weight is 236 g/mol. The van der Waals surface area contributed by atoms with Gasteiger partial charge in [-0.2, -0.15) is 0 Å². The van der Waals surface area contributed by atoms with Crippen LogP contribution in [0, 0.1) is 0 Å². The number of nitrogens with two attached hydrogens (primary N) is 1. The Kier molecular flexibility index (Phi) is 4.58. The lowest BCUT2D eigenvalue weighted by atomic mass is 10.3. The van der Waals surface area contributed by atoms with Gasteiger partial charge in [-0.3, -0.25) is 0 Å². The number of aromatic nitrogens is 1. The summed E-state index contributed by atoms with van der Waals surface area (Å²) in [5, 5.41) is 3.28. The molecule has 0 spiro atoms. The van der Waals surface area contributed by atoms with Crippen molar-refractivity contribution in [2.45, 2.75) is 31.8 Å². The molecule has 0 atom stereocenters. The van der Waals surface area contributed by atoms with Gasteiger partial charge in [0.05, 0.1) is 12.7 Å². The maximum atomic E-state index is 5.76. The molecule has 4 N–H and O–H groups in total. The first-order chi connectivity index (χ1) is 8.38. The van der Waals surface area contributed by atoms with Gasteiger partial charge in [-0.15, -0.1) is 0 Å². The molecule has 0 unspecified atom stereocenters. The van der Waals surface area contributed by atoms with Crippen molar-refractivity contribution < 1.29 is 4.74 Å². The molecule has 5 nitrogen and oxygen atoms in total. The molecule has 0 saturated heterocycles. The topological polar surface area (TPSA) is 72.2 Å². The predicted molar refractivity (Wildman–Crippen MR) is 68.7 cm³/mol. The molecule has 0 amide bonds. The van der Waals surface area contributed by atoms with Crippen LogP contribution in [0.1, 0.15) is 25.7 Å². The van der Waals surface area contributed by atoms with Gasteiger partial charge in [0.15, 0.2) is 0 Å². The van der Waals surface area contributed by atoms with Crippen molar-refractivity contribution in [1.29, 1.82) is 0 Å². The van der Waals surface area contributed by atoms with Gasteiger partial charge in [-0.1, -0.05) is 12.8 Å². The van der Waals surface area contributed by atoms with E-state index in [9.17, 15) is 0 Å². The van der Waals surface area contributed by atoms with E-state index in [1.54, 1.807) is 6.20 Å². The summed E-state index contributed by atoms with van der Waals surface area (Å²) >= 11 is 0. The molecule has 1 aromatic heterocycles. The summed E-state index contributed by atoms with van der Waals surface area (Å²) in [7, 11) is 0. The van der Waals surface area contributed by atoms with Crippen molar-refractivity contribution >= 4 is 11.5 Å². The highest BCUT2D eigenvalue weighted by Gasteiger charge is 2.14. The lowest BCUT2D eigenvalue weighted by Gasteiger charge is -2.12. The summed E-state index contributed by atoms with van der Waals surface area (Å²) in [6, 6.07) is 3.78. The summed E-state index contributed by atoms with van der Waals surface area (Å²) in [6.45, 7) is 1.56. The number of nitrogen functional groups attached to an aromatic ring is 1. The van der Waals surface area contributed by atoms with E-state index in [0.717, 1.165) is 18.8 Å². The molecule has 1 fully saturated rings. The first kappa shape index (κ1) is 12.1. The molecule has 1 aliphatic carbocycles. The Morgan fingerprint density at radius 1 is 1.41 bits per heavy atom. The number of hydrogen-bond acceptors (Lipinski definition) is 5. The summed E-state index contributed by atoms with van der Waals surface area (Å²) in [6.07, 6.45) is 7.26. The first-order valence-electron chi connectivity index (χ1n) is 6.16. The Hall–Kier alpha value is -1.33. The highest BCUT2D eigenvalue weighted by molar-refractivity contribution is 5.51. The monoisotopic (exact) mass is 236 g/mol. The number of nitrogens with one attached hydrogen (secondary N) is 2. The number of hydrazine groups is 1. The van der Waals surface area contributed by atoms with Crippen molar-refractivity contribution in [2.24, 2.45) is 5.84 Å². The summed E-state index contributed by atoms with van der Waals surface area (Å²) in [5.41, 5.74) is 3.52. The SMILES string of the molecule is NNc1cc(NCCOC2CCCC2)ccn1. The Bertz CT molecular complexity index is 339. The molecule has 1 heterocycles. The largest absolute Gasteiger partial charge is 0.383 e. The van der Waals surface area contributed by atoms with E-state index in [1.165, 1.54) is 25.7 Å². The van der Waals surface area contributed by atoms with Crippen LogP contribution in [0.2, 0.25) is 0 Å². The van der Waals surface area contributed by atoms with Gasteiger partial charge in [-0.25, -0.2) is 10.8 Å². The Balaban J connectivity index is 1.66. The molecule has 1 aromatic rings.